The van der Waals surface area contributed by atoms with Crippen molar-refractivity contribution in [2.24, 2.45) is 0 Å². The summed E-state index contributed by atoms with van der Waals surface area (Å²) in [7, 11) is 0. The van der Waals surface area contributed by atoms with Crippen molar-refractivity contribution in [3.05, 3.63) is 138 Å². The van der Waals surface area contributed by atoms with Crippen molar-refractivity contribution in [3.63, 3.8) is 0 Å². The van der Waals surface area contributed by atoms with Crippen molar-refractivity contribution in [1.82, 2.24) is 29.5 Å². The number of hydrogen-bond donors (Lipinski definition) is 0. The van der Waals surface area contributed by atoms with Gasteiger partial charge in [-0.25, -0.2) is 15.0 Å². The molecule has 0 unspecified atom stereocenters. The van der Waals surface area contributed by atoms with E-state index in [0.29, 0.717) is 11.6 Å². The zero-order valence-electron chi connectivity index (χ0n) is 22.6. The molecule has 0 saturated carbocycles. The van der Waals surface area contributed by atoms with Crippen LogP contribution < -0.4 is 0 Å². The first-order chi connectivity index (χ1) is 20.0. The van der Waals surface area contributed by atoms with Gasteiger partial charge in [-0.3, -0.25) is 9.97 Å². The third-order valence-electron chi connectivity index (χ3n) is 6.88. The van der Waals surface area contributed by atoms with Crippen molar-refractivity contribution < 1.29 is 21.1 Å². The van der Waals surface area contributed by atoms with E-state index in [2.05, 4.69) is 47.4 Å². The average molecular weight is 726 g/mol. The standard InChI is InChI=1S/C33H22N8.Pt/c1-33(2,28-16-14-26(23-10-6-4-7-11-23)31(36-28)40-20-18-25(22-34)38-40)29-17-15-27(24-12-8-5-9-13-24)32(37-29)41-21-19-30(35-3)39-41;/h4-19H,1-2H3;/q-2;+2. The Bertz CT molecular complexity index is 1800. The van der Waals surface area contributed by atoms with Crippen LogP contribution in [-0.2, 0) is 26.5 Å². The first-order valence-corrected chi connectivity index (χ1v) is 12.9. The SMILES string of the molecule is [C-]#[N+]c1c[c-]n(-c2nc(C(C)(C)c3ccc(-c4ccccc4)c(-n4[c-]cc(C#N)n4)n3)ccc2-c2ccccc2)n1.[Pt+2]. The summed E-state index contributed by atoms with van der Waals surface area (Å²) in [5.74, 6) is 1.37. The molecule has 2 aromatic carbocycles. The van der Waals surface area contributed by atoms with Gasteiger partial charge in [-0.05, 0) is 65.6 Å². The minimum absolute atomic E-state index is 0. The molecule has 0 aliphatic rings. The molecule has 0 fully saturated rings. The van der Waals surface area contributed by atoms with E-state index in [1.165, 1.54) is 9.36 Å². The molecule has 0 aliphatic heterocycles. The molecule has 8 nitrogen and oxygen atoms in total. The number of rotatable bonds is 6. The Kier molecular flexibility index (Phi) is 7.93. The van der Waals surface area contributed by atoms with Crippen LogP contribution in [-0.4, -0.2) is 29.5 Å². The van der Waals surface area contributed by atoms with Crippen molar-refractivity contribution in [2.45, 2.75) is 19.3 Å². The van der Waals surface area contributed by atoms with Gasteiger partial charge in [0.25, 0.3) is 0 Å². The molecule has 0 bridgehead atoms. The predicted octanol–water partition coefficient (Wildman–Crippen LogP) is 6.53. The second-order valence-electron chi connectivity index (χ2n) is 9.83. The van der Waals surface area contributed by atoms with Gasteiger partial charge < -0.3 is 9.53 Å². The van der Waals surface area contributed by atoms with E-state index in [-0.39, 0.29) is 32.6 Å². The molecule has 0 radical (unpaired) electrons. The van der Waals surface area contributed by atoms with Gasteiger partial charge in [-0.15, -0.1) is 6.07 Å². The predicted molar refractivity (Wildman–Crippen MR) is 154 cm³/mol. The van der Waals surface area contributed by atoms with Gasteiger partial charge in [0.1, 0.15) is 0 Å². The molecule has 0 saturated heterocycles. The van der Waals surface area contributed by atoms with Gasteiger partial charge in [0.2, 0.25) is 0 Å². The van der Waals surface area contributed by atoms with E-state index < -0.39 is 5.41 Å². The topological polar surface area (TPSA) is 89.6 Å². The quantitative estimate of drug-likeness (QED) is 0.182. The summed E-state index contributed by atoms with van der Waals surface area (Å²) in [6.45, 7) is 11.5. The third-order valence-corrected chi connectivity index (χ3v) is 6.88. The molecule has 4 aromatic heterocycles. The minimum atomic E-state index is -0.644. The molecule has 9 heteroatoms. The van der Waals surface area contributed by atoms with Crippen molar-refractivity contribution in [2.75, 3.05) is 0 Å². The summed E-state index contributed by atoms with van der Waals surface area (Å²) in [6, 6.07) is 33.0. The third kappa shape index (κ3) is 5.29. The Morgan fingerprint density at radius 2 is 1.24 bits per heavy atom. The number of benzene rings is 2. The smallest absolute Gasteiger partial charge is 0.342 e. The molecule has 0 aliphatic carbocycles. The van der Waals surface area contributed by atoms with Crippen LogP contribution in [0.1, 0.15) is 30.9 Å². The van der Waals surface area contributed by atoms with E-state index in [9.17, 15) is 5.26 Å². The molecule has 204 valence electrons. The fourth-order valence-electron chi connectivity index (χ4n) is 4.63. The molecule has 0 spiro atoms. The number of aromatic nitrogens is 6. The summed E-state index contributed by atoms with van der Waals surface area (Å²) in [5, 5.41) is 18.1. The van der Waals surface area contributed by atoms with Crippen LogP contribution in [0, 0.1) is 30.3 Å². The number of nitrogens with zero attached hydrogens (tertiary/aromatic N) is 8. The van der Waals surface area contributed by atoms with E-state index in [4.69, 9.17) is 16.5 Å². The molecule has 6 rings (SSSR count). The first kappa shape index (κ1) is 28.4. The average Bonchev–Trinajstić information content (AvgIpc) is 3.72. The summed E-state index contributed by atoms with van der Waals surface area (Å²) >= 11 is 0. The number of hydrogen-bond acceptors (Lipinski definition) is 5. The minimum Gasteiger partial charge on any atom is -0.342 e. The zero-order valence-corrected chi connectivity index (χ0v) is 24.9. The number of nitriles is 1. The van der Waals surface area contributed by atoms with Crippen LogP contribution >= 0.6 is 0 Å². The Balaban J connectivity index is 0.00000353. The van der Waals surface area contributed by atoms with Crippen molar-refractivity contribution in [3.8, 4) is 40.0 Å². The van der Waals surface area contributed by atoms with Crippen LogP contribution in [0.4, 0.5) is 5.82 Å². The van der Waals surface area contributed by atoms with Gasteiger partial charge in [0.05, 0.1) is 23.4 Å². The molecule has 0 amide bonds. The summed E-state index contributed by atoms with van der Waals surface area (Å²) < 4.78 is 3.04. The van der Waals surface area contributed by atoms with Gasteiger partial charge in [-0.2, -0.15) is 0 Å². The first-order valence-electron chi connectivity index (χ1n) is 12.9. The van der Waals surface area contributed by atoms with E-state index in [0.717, 1.165) is 33.6 Å². The van der Waals surface area contributed by atoms with Crippen molar-refractivity contribution >= 4 is 5.82 Å². The Hall–Kier alpha value is -5.17. The molecule has 4 heterocycles. The van der Waals surface area contributed by atoms with E-state index in [1.54, 1.807) is 12.1 Å². The Morgan fingerprint density at radius 3 is 1.69 bits per heavy atom. The number of pyridine rings is 2. The molecule has 42 heavy (non-hydrogen) atoms. The van der Waals surface area contributed by atoms with Crippen LogP contribution in [0.2, 0.25) is 0 Å². The van der Waals surface area contributed by atoms with Gasteiger partial charge in [0.15, 0.2) is 0 Å². The Labute approximate surface area is 258 Å². The maximum absolute atomic E-state index is 9.36. The molecule has 0 atom stereocenters. The van der Waals surface area contributed by atoms with Crippen LogP contribution in [0.15, 0.2) is 97.1 Å². The fourth-order valence-corrected chi connectivity index (χ4v) is 4.63. The molecule has 0 N–H and O–H groups in total. The Morgan fingerprint density at radius 1 is 0.738 bits per heavy atom. The van der Waals surface area contributed by atoms with E-state index in [1.807, 2.05) is 84.9 Å². The summed E-state index contributed by atoms with van der Waals surface area (Å²) in [5.41, 5.74) is 4.80. The summed E-state index contributed by atoms with van der Waals surface area (Å²) in [4.78, 5) is 13.6. The van der Waals surface area contributed by atoms with Crippen LogP contribution in [0.3, 0.4) is 0 Å². The van der Waals surface area contributed by atoms with E-state index >= 15 is 0 Å². The molecular formula is C33H22N8Pt. The molecule has 6 aromatic rings. The van der Waals surface area contributed by atoms with Crippen LogP contribution in [0.25, 0.3) is 38.7 Å². The van der Waals surface area contributed by atoms with Crippen LogP contribution in [0.5, 0.6) is 0 Å². The normalized spacial score (nSPS) is 10.9. The second-order valence-corrected chi connectivity index (χ2v) is 9.83. The van der Waals surface area contributed by atoms with Gasteiger partial charge in [0, 0.05) is 16.8 Å². The monoisotopic (exact) mass is 725 g/mol. The van der Waals surface area contributed by atoms with Gasteiger partial charge >= 0.3 is 26.9 Å². The zero-order chi connectivity index (χ0) is 28.4. The molecular weight excluding hydrogens is 703 g/mol. The van der Waals surface area contributed by atoms with Gasteiger partial charge in [-0.1, -0.05) is 85.6 Å². The second kappa shape index (κ2) is 11.7. The maximum atomic E-state index is 9.36. The maximum Gasteiger partial charge on any atom is 2.00 e. The fraction of sp³-hybridized carbons (Fsp3) is 0.0909. The summed E-state index contributed by atoms with van der Waals surface area (Å²) in [6.07, 6.45) is 6.07. The largest absolute Gasteiger partial charge is 2.00 e. The van der Waals surface area contributed by atoms with Crippen molar-refractivity contribution in [1.29, 1.82) is 5.26 Å².